The van der Waals surface area contributed by atoms with Crippen molar-refractivity contribution in [3.8, 4) is 28.5 Å². The molecule has 2 fully saturated rings. The van der Waals surface area contributed by atoms with E-state index in [1.807, 2.05) is 4.90 Å². The SMILES string of the molecule is COc1cc(-c2cnc3cc(OCCCN4CCC(F)(C(=O)O)CC4)ccn23)cc(OC(F)F)c1C(=O)NC1CC1. The van der Waals surface area contributed by atoms with Crippen LogP contribution in [0.2, 0.25) is 0 Å². The number of hydrogen-bond acceptors (Lipinski definition) is 7. The number of rotatable bonds is 12. The van der Waals surface area contributed by atoms with Gasteiger partial charge in [-0.1, -0.05) is 0 Å². The van der Waals surface area contributed by atoms with E-state index < -0.39 is 24.2 Å². The Bertz CT molecular complexity index is 1420. The molecule has 0 bridgehead atoms. The Morgan fingerprint density at radius 2 is 1.93 bits per heavy atom. The molecule has 1 saturated carbocycles. The third kappa shape index (κ3) is 6.50. The Morgan fingerprint density at radius 3 is 2.59 bits per heavy atom. The molecule has 2 aromatic heterocycles. The third-order valence-electron chi connectivity index (χ3n) is 7.34. The summed E-state index contributed by atoms with van der Waals surface area (Å²) in [5.74, 6) is -1.56. The van der Waals surface area contributed by atoms with Gasteiger partial charge in [-0.3, -0.25) is 9.20 Å². The fourth-order valence-corrected chi connectivity index (χ4v) is 4.89. The summed E-state index contributed by atoms with van der Waals surface area (Å²) in [6.45, 7) is -1.32. The van der Waals surface area contributed by atoms with E-state index in [-0.39, 0.29) is 35.9 Å². The van der Waals surface area contributed by atoms with Gasteiger partial charge >= 0.3 is 12.6 Å². The van der Waals surface area contributed by atoms with Crippen LogP contribution >= 0.6 is 0 Å². The van der Waals surface area contributed by atoms with Gasteiger partial charge in [0.1, 0.15) is 28.5 Å². The summed E-state index contributed by atoms with van der Waals surface area (Å²) < 4.78 is 58.5. The molecule has 5 rings (SSSR count). The van der Waals surface area contributed by atoms with Crippen LogP contribution in [-0.4, -0.2) is 82.9 Å². The summed E-state index contributed by atoms with van der Waals surface area (Å²) in [7, 11) is 1.35. The lowest BCUT2D eigenvalue weighted by atomic mass is 9.93. The number of pyridine rings is 1. The molecule has 3 aromatic rings. The van der Waals surface area contributed by atoms with Crippen LogP contribution in [0, 0.1) is 0 Å². The Balaban J connectivity index is 1.26. The monoisotopic (exact) mass is 576 g/mol. The van der Waals surface area contributed by atoms with E-state index in [4.69, 9.17) is 19.3 Å². The van der Waals surface area contributed by atoms with Crippen LogP contribution in [-0.2, 0) is 4.79 Å². The molecule has 2 N–H and O–H groups in total. The van der Waals surface area contributed by atoms with E-state index in [2.05, 4.69) is 10.3 Å². The number of nitrogens with one attached hydrogen (secondary N) is 1. The van der Waals surface area contributed by atoms with Crippen molar-refractivity contribution in [1.82, 2.24) is 19.6 Å². The van der Waals surface area contributed by atoms with Crippen molar-refractivity contribution >= 4 is 17.5 Å². The molecule has 1 aliphatic carbocycles. The number of alkyl halides is 3. The summed E-state index contributed by atoms with van der Waals surface area (Å²) in [5.41, 5.74) is -0.659. The zero-order chi connectivity index (χ0) is 29.1. The number of carbonyl (C=O) groups is 2. The molecule has 0 unspecified atom stereocenters. The van der Waals surface area contributed by atoms with Gasteiger partial charge < -0.3 is 29.5 Å². The van der Waals surface area contributed by atoms with Crippen LogP contribution in [0.3, 0.4) is 0 Å². The van der Waals surface area contributed by atoms with Gasteiger partial charge in [0.15, 0.2) is 0 Å². The lowest BCUT2D eigenvalue weighted by Crippen LogP contribution is -2.46. The molecule has 1 saturated heterocycles. The number of ether oxygens (including phenoxy) is 3. The van der Waals surface area contributed by atoms with E-state index in [9.17, 15) is 22.8 Å². The quantitative estimate of drug-likeness (QED) is 0.309. The molecule has 41 heavy (non-hydrogen) atoms. The van der Waals surface area contributed by atoms with Gasteiger partial charge in [0.25, 0.3) is 5.91 Å². The second kappa shape index (κ2) is 11.9. The summed E-state index contributed by atoms with van der Waals surface area (Å²) >= 11 is 0. The second-order valence-corrected chi connectivity index (χ2v) is 10.2. The average molecular weight is 577 g/mol. The maximum absolute atomic E-state index is 14.2. The first kappa shape index (κ1) is 28.5. The predicted molar refractivity (Wildman–Crippen MR) is 142 cm³/mol. The fraction of sp³-hybridized carbons (Fsp3) is 0.464. The van der Waals surface area contributed by atoms with Crippen molar-refractivity contribution in [2.24, 2.45) is 0 Å². The summed E-state index contributed by atoms with van der Waals surface area (Å²) in [5, 5.41) is 11.8. The fourth-order valence-electron chi connectivity index (χ4n) is 4.89. The van der Waals surface area contributed by atoms with E-state index in [0.717, 1.165) is 12.8 Å². The van der Waals surface area contributed by atoms with Gasteiger partial charge in [0.05, 0.1) is 25.6 Å². The number of carboxylic acid groups (broad SMARTS) is 1. The number of carbonyl (C=O) groups excluding carboxylic acids is 1. The normalized spacial score (nSPS) is 17.0. The van der Waals surface area contributed by atoms with Crippen LogP contribution in [0.1, 0.15) is 42.5 Å². The molecule has 0 radical (unpaired) electrons. The predicted octanol–water partition coefficient (Wildman–Crippen LogP) is 4.16. The highest BCUT2D eigenvalue weighted by Gasteiger charge is 2.41. The van der Waals surface area contributed by atoms with Crippen LogP contribution in [0.25, 0.3) is 16.9 Å². The smallest absolute Gasteiger partial charge is 0.387 e. The van der Waals surface area contributed by atoms with Crippen molar-refractivity contribution in [2.75, 3.05) is 33.4 Å². The van der Waals surface area contributed by atoms with Gasteiger partial charge in [0, 0.05) is 56.3 Å². The highest BCUT2D eigenvalue weighted by molar-refractivity contribution is 6.01. The number of methoxy groups -OCH3 is 1. The molecule has 1 aliphatic heterocycles. The van der Waals surface area contributed by atoms with Crippen LogP contribution in [0.5, 0.6) is 17.2 Å². The van der Waals surface area contributed by atoms with Gasteiger partial charge in [0.2, 0.25) is 5.67 Å². The molecule has 1 aromatic carbocycles. The van der Waals surface area contributed by atoms with Crippen molar-refractivity contribution < 1.29 is 42.1 Å². The standard InChI is InChI=1S/C28H31F3N4O6/c1-39-21-13-17(14-22(41-27(29)30)24(21)25(36)33-18-3-4-18)20-16-32-23-15-19(5-9-35(20)23)40-12-2-8-34-10-6-28(31,7-11-34)26(37)38/h5,9,13-16,18,27H,2-4,6-8,10-12H2,1H3,(H,33,36)(H,37,38). The summed E-state index contributed by atoms with van der Waals surface area (Å²) in [6, 6.07) is 6.45. The minimum atomic E-state index is -3.14. The number of aliphatic carboxylic acids is 1. The Morgan fingerprint density at radius 1 is 1.20 bits per heavy atom. The lowest BCUT2D eigenvalue weighted by Gasteiger charge is -2.33. The van der Waals surface area contributed by atoms with Crippen molar-refractivity contribution in [3.05, 3.63) is 42.2 Å². The number of piperidine rings is 1. The number of hydrogen-bond donors (Lipinski definition) is 2. The zero-order valence-corrected chi connectivity index (χ0v) is 22.4. The Labute approximate surface area is 234 Å². The Hall–Kier alpha value is -4.00. The second-order valence-electron chi connectivity index (χ2n) is 10.2. The molecular formula is C28H31F3N4O6. The first-order valence-corrected chi connectivity index (χ1v) is 13.4. The largest absolute Gasteiger partial charge is 0.496 e. The van der Waals surface area contributed by atoms with Gasteiger partial charge in [-0.2, -0.15) is 8.78 Å². The molecule has 10 nitrogen and oxygen atoms in total. The molecule has 3 heterocycles. The van der Waals surface area contributed by atoms with Crippen molar-refractivity contribution in [1.29, 1.82) is 0 Å². The Kier molecular flexibility index (Phi) is 8.25. The molecule has 220 valence electrons. The molecule has 2 aliphatic rings. The first-order valence-electron chi connectivity index (χ1n) is 13.4. The van der Waals surface area contributed by atoms with Crippen LogP contribution in [0.15, 0.2) is 36.7 Å². The van der Waals surface area contributed by atoms with Crippen LogP contribution < -0.4 is 19.5 Å². The average Bonchev–Trinajstić information content (AvgIpc) is 3.66. The van der Waals surface area contributed by atoms with E-state index in [0.29, 0.717) is 55.3 Å². The number of benzene rings is 1. The topological polar surface area (TPSA) is 115 Å². The van der Waals surface area contributed by atoms with E-state index in [1.165, 1.54) is 13.2 Å². The highest BCUT2D eigenvalue weighted by Crippen LogP contribution is 2.37. The molecule has 0 atom stereocenters. The van der Waals surface area contributed by atoms with E-state index >= 15 is 0 Å². The van der Waals surface area contributed by atoms with E-state index in [1.54, 1.807) is 35.0 Å². The maximum atomic E-state index is 14.2. The van der Waals surface area contributed by atoms with Gasteiger partial charge in [-0.25, -0.2) is 14.2 Å². The molecular weight excluding hydrogens is 545 g/mol. The third-order valence-corrected chi connectivity index (χ3v) is 7.34. The number of aromatic nitrogens is 2. The van der Waals surface area contributed by atoms with Crippen LogP contribution in [0.4, 0.5) is 13.2 Å². The number of halogens is 3. The zero-order valence-electron chi connectivity index (χ0n) is 22.4. The van der Waals surface area contributed by atoms with Crippen molar-refractivity contribution in [2.45, 2.75) is 50.4 Å². The van der Waals surface area contributed by atoms with Gasteiger partial charge in [-0.15, -0.1) is 0 Å². The molecule has 1 amide bonds. The number of fused-ring (bicyclic) bond motifs is 1. The number of imidazole rings is 1. The lowest BCUT2D eigenvalue weighted by molar-refractivity contribution is -0.154. The minimum absolute atomic E-state index is 0.0155. The molecule has 0 spiro atoms. The van der Waals surface area contributed by atoms with Crippen molar-refractivity contribution in [3.63, 3.8) is 0 Å². The highest BCUT2D eigenvalue weighted by atomic mass is 19.3. The first-order chi connectivity index (χ1) is 19.7. The van der Waals surface area contributed by atoms with Gasteiger partial charge in [-0.05, 0) is 37.5 Å². The number of amides is 1. The molecule has 13 heteroatoms. The number of nitrogens with zero attached hydrogens (tertiary/aromatic N) is 3. The number of carboxylic acids is 1. The summed E-state index contributed by atoms with van der Waals surface area (Å²) in [4.78, 5) is 30.3. The number of likely N-dealkylation sites (tertiary alicyclic amines) is 1. The minimum Gasteiger partial charge on any atom is -0.496 e. The summed E-state index contributed by atoms with van der Waals surface area (Å²) in [6.07, 6.45) is 5.59. The maximum Gasteiger partial charge on any atom is 0.387 e.